The summed E-state index contributed by atoms with van der Waals surface area (Å²) in [4.78, 5) is 36.8. The summed E-state index contributed by atoms with van der Waals surface area (Å²) in [5, 5.41) is 1.06. The van der Waals surface area contributed by atoms with E-state index in [1.54, 1.807) is 0 Å². The second kappa shape index (κ2) is 5.01. The van der Waals surface area contributed by atoms with Crippen LogP contribution in [0.5, 0.6) is 0 Å². The minimum Gasteiger partial charge on any atom is -0.350 e. The van der Waals surface area contributed by atoms with Crippen LogP contribution in [0.4, 0.5) is 0 Å². The summed E-state index contributed by atoms with van der Waals surface area (Å²) in [7, 11) is 1.96. The van der Waals surface area contributed by atoms with Gasteiger partial charge < -0.3 is 4.57 Å². The molecule has 1 aromatic heterocycles. The third-order valence-corrected chi connectivity index (χ3v) is 5.20. The Kier molecular flexibility index (Phi) is 3.08. The molecule has 0 N–H and O–H groups in total. The van der Waals surface area contributed by atoms with Crippen LogP contribution in [0.15, 0.2) is 42.6 Å². The molecule has 1 heterocycles. The Morgan fingerprint density at radius 3 is 2.48 bits per heavy atom. The Morgan fingerprint density at radius 2 is 1.65 bits per heavy atom. The van der Waals surface area contributed by atoms with Crippen molar-refractivity contribution in [1.29, 1.82) is 0 Å². The predicted octanol–water partition coefficient (Wildman–Crippen LogP) is 2.57. The Labute approximate surface area is 133 Å². The SMILES string of the molecule is Cn1cc([C@H]2CC(=O)C[C@H]3C(=O)C=CC(=O)[C@@H]23)c2ccccc21. The van der Waals surface area contributed by atoms with Crippen LogP contribution in [0.25, 0.3) is 10.9 Å². The van der Waals surface area contributed by atoms with Crippen LogP contribution >= 0.6 is 0 Å². The highest BCUT2D eigenvalue weighted by molar-refractivity contribution is 6.10. The van der Waals surface area contributed by atoms with Crippen molar-refractivity contribution < 1.29 is 14.4 Å². The molecule has 1 saturated carbocycles. The number of nitrogens with zero attached hydrogens (tertiary/aromatic N) is 1. The normalized spacial score (nSPS) is 27.5. The molecule has 0 saturated heterocycles. The van der Waals surface area contributed by atoms with Gasteiger partial charge in [0, 0.05) is 54.7 Å². The van der Waals surface area contributed by atoms with Gasteiger partial charge in [-0.25, -0.2) is 0 Å². The summed E-state index contributed by atoms with van der Waals surface area (Å²) < 4.78 is 2.02. The second-order valence-corrected chi connectivity index (χ2v) is 6.54. The minimum absolute atomic E-state index is 0.0277. The van der Waals surface area contributed by atoms with Gasteiger partial charge in [-0.05, 0) is 23.8 Å². The summed E-state index contributed by atoms with van der Waals surface area (Å²) in [6, 6.07) is 7.97. The first-order valence-corrected chi connectivity index (χ1v) is 7.87. The number of para-hydroxylation sites is 1. The number of carbonyl (C=O) groups excluding carboxylic acids is 3. The lowest BCUT2D eigenvalue weighted by Gasteiger charge is -2.36. The van der Waals surface area contributed by atoms with Gasteiger partial charge in [0.15, 0.2) is 11.6 Å². The largest absolute Gasteiger partial charge is 0.350 e. The van der Waals surface area contributed by atoms with E-state index in [2.05, 4.69) is 0 Å². The van der Waals surface area contributed by atoms with Crippen molar-refractivity contribution in [3.8, 4) is 0 Å². The van der Waals surface area contributed by atoms with E-state index in [1.807, 2.05) is 42.1 Å². The van der Waals surface area contributed by atoms with Gasteiger partial charge in [0.25, 0.3) is 0 Å². The number of fused-ring (bicyclic) bond motifs is 2. The van der Waals surface area contributed by atoms with E-state index in [-0.39, 0.29) is 29.7 Å². The molecule has 116 valence electrons. The number of benzene rings is 1. The van der Waals surface area contributed by atoms with Crippen molar-refractivity contribution in [1.82, 2.24) is 4.57 Å². The zero-order chi connectivity index (χ0) is 16.1. The predicted molar refractivity (Wildman–Crippen MR) is 86.0 cm³/mol. The van der Waals surface area contributed by atoms with Gasteiger partial charge in [-0.1, -0.05) is 18.2 Å². The van der Waals surface area contributed by atoms with Crippen LogP contribution in [0.1, 0.15) is 24.3 Å². The quantitative estimate of drug-likeness (QED) is 0.813. The average Bonchev–Trinajstić information content (AvgIpc) is 2.88. The van der Waals surface area contributed by atoms with E-state index in [1.165, 1.54) is 12.2 Å². The van der Waals surface area contributed by atoms with Crippen LogP contribution in [-0.4, -0.2) is 21.9 Å². The van der Waals surface area contributed by atoms with Crippen LogP contribution in [0, 0.1) is 11.8 Å². The molecule has 0 bridgehead atoms. The van der Waals surface area contributed by atoms with Gasteiger partial charge >= 0.3 is 0 Å². The zero-order valence-corrected chi connectivity index (χ0v) is 12.9. The molecule has 0 unspecified atom stereocenters. The van der Waals surface area contributed by atoms with Crippen molar-refractivity contribution >= 4 is 28.3 Å². The summed E-state index contributed by atoms with van der Waals surface area (Å²) in [6.45, 7) is 0. The topological polar surface area (TPSA) is 56.1 Å². The summed E-state index contributed by atoms with van der Waals surface area (Å²) >= 11 is 0. The molecule has 0 amide bonds. The Hall–Kier alpha value is -2.49. The number of Topliss-reactive ketones (excluding diaryl/α,β-unsaturated/α-hetero) is 1. The van der Waals surface area contributed by atoms with E-state index in [9.17, 15) is 14.4 Å². The molecule has 2 aromatic rings. The molecular weight excluding hydrogens is 290 g/mol. The van der Waals surface area contributed by atoms with E-state index in [4.69, 9.17) is 0 Å². The number of rotatable bonds is 1. The van der Waals surface area contributed by atoms with Crippen LogP contribution in [-0.2, 0) is 21.4 Å². The van der Waals surface area contributed by atoms with Gasteiger partial charge in [-0.2, -0.15) is 0 Å². The fourth-order valence-electron chi connectivity index (χ4n) is 4.15. The second-order valence-electron chi connectivity index (χ2n) is 6.54. The first kappa shape index (κ1) is 14.1. The van der Waals surface area contributed by atoms with E-state index < -0.39 is 11.8 Å². The van der Waals surface area contributed by atoms with E-state index >= 15 is 0 Å². The fourth-order valence-corrected chi connectivity index (χ4v) is 4.15. The van der Waals surface area contributed by atoms with Gasteiger partial charge in [-0.15, -0.1) is 0 Å². The van der Waals surface area contributed by atoms with Gasteiger partial charge in [-0.3, -0.25) is 14.4 Å². The molecule has 4 nitrogen and oxygen atoms in total. The van der Waals surface area contributed by atoms with Gasteiger partial charge in [0.05, 0.1) is 0 Å². The molecule has 0 spiro atoms. The van der Waals surface area contributed by atoms with Crippen LogP contribution in [0.2, 0.25) is 0 Å². The Morgan fingerprint density at radius 1 is 0.957 bits per heavy atom. The lowest BCUT2D eigenvalue weighted by Crippen LogP contribution is -2.42. The molecule has 23 heavy (non-hydrogen) atoms. The lowest BCUT2D eigenvalue weighted by molar-refractivity contribution is -0.136. The molecule has 0 aliphatic heterocycles. The van der Waals surface area contributed by atoms with Crippen molar-refractivity contribution in [3.05, 3.63) is 48.2 Å². The number of aromatic nitrogens is 1. The maximum atomic E-state index is 12.5. The lowest BCUT2D eigenvalue weighted by atomic mass is 9.64. The first-order valence-electron chi connectivity index (χ1n) is 7.87. The molecule has 4 heteroatoms. The molecule has 2 aliphatic carbocycles. The van der Waals surface area contributed by atoms with Gasteiger partial charge in [0.1, 0.15) is 5.78 Å². The third kappa shape index (κ3) is 2.09. The summed E-state index contributed by atoms with van der Waals surface area (Å²) in [5.74, 6) is -1.16. The van der Waals surface area contributed by atoms with Crippen LogP contribution in [0.3, 0.4) is 0 Å². The fraction of sp³-hybridized carbons (Fsp3) is 0.316. The monoisotopic (exact) mass is 307 g/mol. The van der Waals surface area contributed by atoms with Crippen molar-refractivity contribution in [2.45, 2.75) is 18.8 Å². The van der Waals surface area contributed by atoms with E-state index in [0.29, 0.717) is 6.42 Å². The minimum atomic E-state index is -0.488. The number of allylic oxidation sites excluding steroid dienone is 2. The number of hydrogen-bond acceptors (Lipinski definition) is 3. The number of hydrogen-bond donors (Lipinski definition) is 0. The maximum absolute atomic E-state index is 12.5. The zero-order valence-electron chi connectivity index (χ0n) is 12.9. The van der Waals surface area contributed by atoms with Crippen molar-refractivity contribution in [2.75, 3.05) is 0 Å². The molecule has 0 radical (unpaired) electrons. The maximum Gasteiger partial charge on any atom is 0.160 e. The Balaban J connectivity index is 1.88. The number of ketones is 3. The average molecular weight is 307 g/mol. The molecule has 4 rings (SSSR count). The molecular formula is C19H17NO3. The smallest absolute Gasteiger partial charge is 0.160 e. The summed E-state index contributed by atoms with van der Waals surface area (Å²) in [6.07, 6.45) is 5.25. The molecule has 3 atom stereocenters. The molecule has 1 fully saturated rings. The molecule has 2 aliphatic rings. The number of carbonyl (C=O) groups is 3. The molecule has 1 aromatic carbocycles. The standard InChI is InChI=1S/C19H17NO3/c1-20-10-15(12-4-2-3-5-16(12)20)13-8-11(21)9-14-17(22)6-7-18(23)19(13)14/h2-7,10,13-14,19H,8-9H2,1H3/t13-,14+,19+/m1/s1. The van der Waals surface area contributed by atoms with Crippen molar-refractivity contribution in [2.24, 2.45) is 18.9 Å². The highest BCUT2D eigenvalue weighted by Crippen LogP contribution is 2.45. The van der Waals surface area contributed by atoms with Gasteiger partial charge in [0.2, 0.25) is 0 Å². The highest BCUT2D eigenvalue weighted by Gasteiger charge is 2.46. The number of aryl methyl sites for hydroxylation is 1. The summed E-state index contributed by atoms with van der Waals surface area (Å²) in [5.41, 5.74) is 2.07. The Bertz CT molecular complexity index is 874. The highest BCUT2D eigenvalue weighted by atomic mass is 16.1. The third-order valence-electron chi connectivity index (χ3n) is 5.20. The van der Waals surface area contributed by atoms with Crippen molar-refractivity contribution in [3.63, 3.8) is 0 Å². The van der Waals surface area contributed by atoms with E-state index in [0.717, 1.165) is 16.5 Å². The van der Waals surface area contributed by atoms with Crippen LogP contribution < -0.4 is 0 Å². The first-order chi connectivity index (χ1) is 11.1.